The predicted octanol–water partition coefficient (Wildman–Crippen LogP) is 2.51. The molecule has 0 unspecified atom stereocenters. The Labute approximate surface area is 111 Å². The van der Waals surface area contributed by atoms with Gasteiger partial charge in [-0.1, -0.05) is 30.3 Å². The Hall–Kier alpha value is -1.26. The van der Waals surface area contributed by atoms with Crippen LogP contribution in [0.5, 0.6) is 0 Å². The van der Waals surface area contributed by atoms with Gasteiger partial charge in [0.15, 0.2) is 0 Å². The lowest BCUT2D eigenvalue weighted by Gasteiger charge is -2.11. The van der Waals surface area contributed by atoms with E-state index in [9.17, 15) is 0 Å². The van der Waals surface area contributed by atoms with Crippen molar-refractivity contribution in [1.29, 1.82) is 0 Å². The summed E-state index contributed by atoms with van der Waals surface area (Å²) in [6.07, 6.45) is 4.34. The molecule has 94 valence electrons. The van der Waals surface area contributed by atoms with Crippen LogP contribution < -0.4 is 5.73 Å². The number of nitrogens with two attached hydrogens (primary N) is 1. The first kappa shape index (κ1) is 11.8. The van der Waals surface area contributed by atoms with E-state index in [1.165, 1.54) is 23.4 Å². The molecule has 3 rings (SSSR count). The van der Waals surface area contributed by atoms with Crippen molar-refractivity contribution in [1.82, 2.24) is 10.2 Å². The summed E-state index contributed by atoms with van der Waals surface area (Å²) in [5.74, 6) is 0. The molecule has 0 bridgehead atoms. The summed E-state index contributed by atoms with van der Waals surface area (Å²) in [6, 6.07) is 10.7. The van der Waals surface area contributed by atoms with Gasteiger partial charge in [-0.25, -0.2) is 0 Å². The summed E-state index contributed by atoms with van der Waals surface area (Å²) in [7, 11) is 0. The molecule has 1 aromatic heterocycles. The number of nitrogens with zero attached hydrogens (tertiary/aromatic N) is 2. The number of benzene rings is 1. The SMILES string of the molecule is NCCCc1nnc(C2(c3ccccc3)CC2)s1. The molecular formula is C14H17N3S. The van der Waals surface area contributed by atoms with Gasteiger partial charge in [-0.15, -0.1) is 21.5 Å². The molecule has 1 aromatic carbocycles. The van der Waals surface area contributed by atoms with E-state index in [-0.39, 0.29) is 5.41 Å². The Morgan fingerprint density at radius 1 is 1.17 bits per heavy atom. The summed E-state index contributed by atoms with van der Waals surface area (Å²) in [5.41, 5.74) is 7.08. The topological polar surface area (TPSA) is 51.8 Å². The third kappa shape index (κ3) is 2.06. The molecule has 0 atom stereocenters. The van der Waals surface area contributed by atoms with Crippen LogP contribution in [-0.2, 0) is 11.8 Å². The van der Waals surface area contributed by atoms with Crippen molar-refractivity contribution >= 4 is 11.3 Å². The third-order valence-corrected chi connectivity index (χ3v) is 4.73. The van der Waals surface area contributed by atoms with Crippen molar-refractivity contribution in [2.45, 2.75) is 31.1 Å². The average molecular weight is 259 g/mol. The molecular weight excluding hydrogens is 242 g/mol. The number of hydrogen-bond donors (Lipinski definition) is 1. The van der Waals surface area contributed by atoms with E-state index in [0.717, 1.165) is 24.4 Å². The summed E-state index contributed by atoms with van der Waals surface area (Å²) in [5, 5.41) is 11.0. The van der Waals surface area contributed by atoms with Crippen molar-refractivity contribution in [3.05, 3.63) is 45.9 Å². The monoisotopic (exact) mass is 259 g/mol. The number of rotatable bonds is 5. The minimum atomic E-state index is 0.167. The zero-order valence-corrected chi connectivity index (χ0v) is 11.1. The first-order valence-electron chi connectivity index (χ1n) is 6.44. The molecule has 0 radical (unpaired) electrons. The van der Waals surface area contributed by atoms with Crippen molar-refractivity contribution < 1.29 is 0 Å². The Bertz CT molecular complexity index is 517. The minimum absolute atomic E-state index is 0.167. The molecule has 2 aromatic rings. The number of aromatic nitrogens is 2. The van der Waals surface area contributed by atoms with Gasteiger partial charge in [0.2, 0.25) is 0 Å². The van der Waals surface area contributed by atoms with E-state index >= 15 is 0 Å². The maximum atomic E-state index is 5.53. The van der Waals surface area contributed by atoms with Crippen molar-refractivity contribution in [3.8, 4) is 0 Å². The quantitative estimate of drug-likeness (QED) is 0.897. The van der Waals surface area contributed by atoms with Gasteiger partial charge in [0, 0.05) is 11.8 Å². The Balaban J connectivity index is 1.84. The Morgan fingerprint density at radius 3 is 2.61 bits per heavy atom. The zero-order chi connectivity index (χ0) is 12.4. The summed E-state index contributed by atoms with van der Waals surface area (Å²) >= 11 is 1.76. The van der Waals surface area contributed by atoms with Crippen LogP contribution in [0, 0.1) is 0 Å². The maximum absolute atomic E-state index is 5.53. The largest absolute Gasteiger partial charge is 0.330 e. The van der Waals surface area contributed by atoms with Gasteiger partial charge in [0.1, 0.15) is 10.0 Å². The molecule has 1 saturated carbocycles. The normalized spacial score (nSPS) is 16.7. The van der Waals surface area contributed by atoms with Crippen LogP contribution in [0.25, 0.3) is 0 Å². The highest BCUT2D eigenvalue weighted by Gasteiger charge is 2.48. The van der Waals surface area contributed by atoms with Crippen LogP contribution in [0.1, 0.15) is 34.8 Å². The van der Waals surface area contributed by atoms with E-state index in [1.54, 1.807) is 11.3 Å². The van der Waals surface area contributed by atoms with Gasteiger partial charge in [0.05, 0.1) is 0 Å². The zero-order valence-electron chi connectivity index (χ0n) is 10.3. The van der Waals surface area contributed by atoms with Crippen LogP contribution in [0.15, 0.2) is 30.3 Å². The van der Waals surface area contributed by atoms with E-state index in [1.807, 2.05) is 0 Å². The highest BCUT2D eigenvalue weighted by Crippen LogP contribution is 2.54. The highest BCUT2D eigenvalue weighted by atomic mass is 32.1. The van der Waals surface area contributed by atoms with Crippen molar-refractivity contribution in [2.24, 2.45) is 5.73 Å². The Kier molecular flexibility index (Phi) is 3.14. The van der Waals surface area contributed by atoms with Crippen LogP contribution in [0.3, 0.4) is 0 Å². The molecule has 1 heterocycles. The van der Waals surface area contributed by atoms with E-state index < -0.39 is 0 Å². The molecule has 1 fully saturated rings. The fourth-order valence-corrected chi connectivity index (χ4v) is 3.46. The number of aryl methyl sites for hydroxylation is 1. The summed E-state index contributed by atoms with van der Waals surface area (Å²) in [6.45, 7) is 0.721. The molecule has 0 amide bonds. The molecule has 0 saturated heterocycles. The lowest BCUT2D eigenvalue weighted by Crippen LogP contribution is -2.07. The molecule has 18 heavy (non-hydrogen) atoms. The minimum Gasteiger partial charge on any atom is -0.330 e. The third-order valence-electron chi connectivity index (χ3n) is 3.55. The second-order valence-corrected chi connectivity index (χ2v) is 5.90. The summed E-state index contributed by atoms with van der Waals surface area (Å²) < 4.78 is 0. The van der Waals surface area contributed by atoms with Gasteiger partial charge in [0.25, 0.3) is 0 Å². The molecule has 1 aliphatic carbocycles. The van der Waals surface area contributed by atoms with Gasteiger partial charge in [-0.3, -0.25) is 0 Å². The average Bonchev–Trinajstić information content (AvgIpc) is 3.10. The first-order valence-corrected chi connectivity index (χ1v) is 7.25. The van der Waals surface area contributed by atoms with Gasteiger partial charge in [-0.05, 0) is 31.4 Å². The van der Waals surface area contributed by atoms with E-state index in [0.29, 0.717) is 0 Å². The smallest absolute Gasteiger partial charge is 0.128 e. The summed E-state index contributed by atoms with van der Waals surface area (Å²) in [4.78, 5) is 0. The van der Waals surface area contributed by atoms with Crippen LogP contribution in [0.2, 0.25) is 0 Å². The van der Waals surface area contributed by atoms with E-state index in [2.05, 4.69) is 40.5 Å². The van der Waals surface area contributed by atoms with Gasteiger partial charge in [-0.2, -0.15) is 0 Å². The lowest BCUT2D eigenvalue weighted by molar-refractivity contribution is 0.783. The molecule has 2 N–H and O–H groups in total. The van der Waals surface area contributed by atoms with Crippen LogP contribution in [0.4, 0.5) is 0 Å². The lowest BCUT2D eigenvalue weighted by atomic mass is 9.97. The fourth-order valence-electron chi connectivity index (χ4n) is 2.31. The number of hydrogen-bond acceptors (Lipinski definition) is 4. The van der Waals surface area contributed by atoms with Gasteiger partial charge < -0.3 is 5.73 Å². The van der Waals surface area contributed by atoms with Crippen molar-refractivity contribution in [2.75, 3.05) is 6.54 Å². The molecule has 0 spiro atoms. The Morgan fingerprint density at radius 2 is 1.94 bits per heavy atom. The fraction of sp³-hybridized carbons (Fsp3) is 0.429. The second-order valence-electron chi connectivity index (χ2n) is 4.84. The maximum Gasteiger partial charge on any atom is 0.128 e. The molecule has 0 aliphatic heterocycles. The van der Waals surface area contributed by atoms with Crippen LogP contribution >= 0.6 is 11.3 Å². The van der Waals surface area contributed by atoms with Gasteiger partial charge >= 0.3 is 0 Å². The second kappa shape index (κ2) is 4.78. The molecule has 4 heteroatoms. The predicted molar refractivity (Wildman–Crippen MR) is 73.7 cm³/mol. The van der Waals surface area contributed by atoms with Crippen molar-refractivity contribution in [3.63, 3.8) is 0 Å². The highest BCUT2D eigenvalue weighted by molar-refractivity contribution is 7.11. The standard InChI is InChI=1S/C14H17N3S/c15-10-4-7-12-16-17-13(18-12)14(8-9-14)11-5-2-1-3-6-11/h1-3,5-6H,4,7-10,15H2. The van der Waals surface area contributed by atoms with Crippen LogP contribution in [-0.4, -0.2) is 16.7 Å². The first-order chi connectivity index (χ1) is 8.85. The molecule has 1 aliphatic rings. The van der Waals surface area contributed by atoms with E-state index in [4.69, 9.17) is 5.73 Å². The molecule has 3 nitrogen and oxygen atoms in total.